The summed E-state index contributed by atoms with van der Waals surface area (Å²) in [5, 5.41) is 8.67. The zero-order valence-electron chi connectivity index (χ0n) is 39.0. The lowest BCUT2D eigenvalue weighted by atomic mass is 10.0. The number of rotatable bonds is 49. The number of aliphatic carboxylic acids is 1. The molecule has 0 aliphatic rings. The quantitative estimate of drug-likeness (QED) is 0.0378. The van der Waals surface area contributed by atoms with Crippen molar-refractivity contribution in [2.75, 3.05) is 6.61 Å². The maximum atomic E-state index is 12.0. The normalized spacial score (nSPS) is 11.9. The molecule has 0 rings (SSSR count). The van der Waals surface area contributed by atoms with Gasteiger partial charge in [0.15, 0.2) is 0 Å². The highest BCUT2D eigenvalue weighted by atomic mass is 16.5. The first kappa shape index (κ1) is 56.2. The Morgan fingerprint density at radius 3 is 0.966 bits per heavy atom. The number of ether oxygens (including phenoxy) is 1. The monoisotopic (exact) mass is 813 g/mol. The Balaban J connectivity index is 3.17. The molecule has 0 saturated heterocycles. The topological polar surface area (TPSA) is 63.6 Å². The van der Waals surface area contributed by atoms with Crippen LogP contribution < -0.4 is 0 Å². The Morgan fingerprint density at radius 2 is 0.621 bits per heavy atom. The van der Waals surface area contributed by atoms with Gasteiger partial charge in [-0.25, -0.2) is 0 Å². The van der Waals surface area contributed by atoms with Gasteiger partial charge in [0.05, 0.1) is 6.61 Å². The van der Waals surface area contributed by atoms with Crippen LogP contribution in [-0.4, -0.2) is 23.7 Å². The molecule has 0 aliphatic carbocycles. The van der Waals surface area contributed by atoms with E-state index in [1.807, 2.05) is 0 Å². The minimum absolute atomic E-state index is 0.00518. The molecular formula is C54H100O4. The lowest BCUT2D eigenvalue weighted by Crippen LogP contribution is -2.05. The highest BCUT2D eigenvalue weighted by Gasteiger charge is 2.03. The molecule has 0 bridgehead atoms. The average molecular weight is 813 g/mol. The zero-order chi connectivity index (χ0) is 41.9. The van der Waals surface area contributed by atoms with Crippen LogP contribution in [0.15, 0.2) is 36.5 Å². The number of allylic oxidation sites excluding steroid dienone is 6. The van der Waals surface area contributed by atoms with Gasteiger partial charge in [-0.3, -0.25) is 9.59 Å². The van der Waals surface area contributed by atoms with E-state index in [9.17, 15) is 9.59 Å². The number of esters is 1. The highest BCUT2D eigenvalue weighted by Crippen LogP contribution is 2.17. The standard InChI is InChI=1S/C54H100O4/c1-2-3-4-5-6-7-8-9-29-33-36-39-42-45-48-51-54(57)58-52-49-46-43-40-37-34-31-28-26-24-22-20-18-16-14-12-10-11-13-15-17-19-21-23-25-27-30-32-35-38-41-44-47-50-53(55)56/h3-4,6-7,9,29H,2,5,8,10-28,30-52H2,1H3,(H,55,56)/b4-3-,7-6-,29-9-. The van der Waals surface area contributed by atoms with E-state index in [2.05, 4.69) is 43.4 Å². The van der Waals surface area contributed by atoms with Crippen LogP contribution >= 0.6 is 0 Å². The van der Waals surface area contributed by atoms with E-state index in [4.69, 9.17) is 9.84 Å². The number of hydrogen-bond acceptors (Lipinski definition) is 3. The molecule has 4 heteroatoms. The van der Waals surface area contributed by atoms with E-state index in [1.54, 1.807) is 0 Å². The number of carboxylic acid groups (broad SMARTS) is 1. The van der Waals surface area contributed by atoms with Crippen molar-refractivity contribution in [2.24, 2.45) is 0 Å². The number of carbonyl (C=O) groups is 2. The highest BCUT2D eigenvalue weighted by molar-refractivity contribution is 5.69. The third-order valence-electron chi connectivity index (χ3n) is 11.8. The van der Waals surface area contributed by atoms with Gasteiger partial charge in [0.25, 0.3) is 0 Å². The summed E-state index contributed by atoms with van der Waals surface area (Å²) in [6.07, 6.45) is 69.5. The number of unbranched alkanes of at least 4 members (excludes halogenated alkanes) is 37. The molecule has 0 unspecified atom stereocenters. The van der Waals surface area contributed by atoms with Crippen LogP contribution in [0.25, 0.3) is 0 Å². The molecule has 0 heterocycles. The van der Waals surface area contributed by atoms with E-state index in [-0.39, 0.29) is 5.97 Å². The second-order valence-electron chi connectivity index (χ2n) is 17.6. The zero-order valence-corrected chi connectivity index (χ0v) is 39.0. The first-order valence-electron chi connectivity index (χ1n) is 26.0. The predicted molar refractivity (Wildman–Crippen MR) is 255 cm³/mol. The van der Waals surface area contributed by atoms with Gasteiger partial charge in [0.2, 0.25) is 0 Å². The molecule has 4 nitrogen and oxygen atoms in total. The van der Waals surface area contributed by atoms with Gasteiger partial charge in [-0.15, -0.1) is 0 Å². The van der Waals surface area contributed by atoms with Crippen LogP contribution in [0.4, 0.5) is 0 Å². The lowest BCUT2D eigenvalue weighted by molar-refractivity contribution is -0.144. The van der Waals surface area contributed by atoms with Gasteiger partial charge in [0.1, 0.15) is 0 Å². The summed E-state index contributed by atoms with van der Waals surface area (Å²) in [4.78, 5) is 22.5. The van der Waals surface area contributed by atoms with Crippen molar-refractivity contribution >= 4 is 11.9 Å². The Bertz CT molecular complexity index is 905. The largest absolute Gasteiger partial charge is 0.481 e. The van der Waals surface area contributed by atoms with Crippen LogP contribution in [0.3, 0.4) is 0 Å². The Morgan fingerprint density at radius 1 is 0.345 bits per heavy atom. The maximum Gasteiger partial charge on any atom is 0.305 e. The van der Waals surface area contributed by atoms with Crippen molar-refractivity contribution < 1.29 is 19.4 Å². The molecule has 0 aliphatic heterocycles. The van der Waals surface area contributed by atoms with Gasteiger partial charge in [-0.1, -0.05) is 262 Å². The number of carboxylic acids is 1. The summed E-state index contributed by atoms with van der Waals surface area (Å²) >= 11 is 0. The predicted octanol–water partition coefficient (Wildman–Crippen LogP) is 18.5. The maximum absolute atomic E-state index is 12.0. The summed E-state index contributed by atoms with van der Waals surface area (Å²) in [6.45, 7) is 2.78. The Labute approximate surface area is 362 Å². The molecule has 0 saturated carbocycles. The molecule has 0 spiro atoms. The van der Waals surface area contributed by atoms with Crippen LogP contribution in [0.5, 0.6) is 0 Å². The summed E-state index contributed by atoms with van der Waals surface area (Å²) in [5.74, 6) is -0.647. The third kappa shape index (κ3) is 52.2. The second-order valence-corrected chi connectivity index (χ2v) is 17.6. The van der Waals surface area contributed by atoms with Crippen molar-refractivity contribution in [2.45, 2.75) is 289 Å². The van der Waals surface area contributed by atoms with Crippen molar-refractivity contribution in [3.8, 4) is 0 Å². The fourth-order valence-electron chi connectivity index (χ4n) is 8.00. The molecule has 0 fully saturated rings. The SMILES string of the molecule is CC/C=C\C/C=C\C/C=C\CCCCCCCC(=O)OCCCCCCCCCCCCCCCCCCCCCCCCCCCCCCCCCCCC(=O)O. The fraction of sp³-hybridized carbons (Fsp3) is 0.852. The molecule has 340 valence electrons. The molecule has 0 amide bonds. The van der Waals surface area contributed by atoms with Crippen LogP contribution in [0, 0.1) is 0 Å². The molecule has 0 aromatic carbocycles. The molecule has 0 aromatic rings. The average Bonchev–Trinajstić information content (AvgIpc) is 3.22. The van der Waals surface area contributed by atoms with Crippen molar-refractivity contribution in [1.82, 2.24) is 0 Å². The smallest absolute Gasteiger partial charge is 0.305 e. The number of carbonyl (C=O) groups excluding carboxylic acids is 1. The lowest BCUT2D eigenvalue weighted by Gasteiger charge is -2.06. The fourth-order valence-corrected chi connectivity index (χ4v) is 8.00. The minimum atomic E-state index is -0.652. The van der Waals surface area contributed by atoms with Gasteiger partial charge >= 0.3 is 11.9 Å². The molecule has 0 aromatic heterocycles. The Kier molecular flexibility index (Phi) is 49.7. The first-order valence-corrected chi connectivity index (χ1v) is 26.0. The van der Waals surface area contributed by atoms with E-state index >= 15 is 0 Å². The van der Waals surface area contributed by atoms with E-state index < -0.39 is 5.97 Å². The van der Waals surface area contributed by atoms with Gasteiger partial charge in [-0.2, -0.15) is 0 Å². The van der Waals surface area contributed by atoms with Crippen molar-refractivity contribution in [3.63, 3.8) is 0 Å². The van der Waals surface area contributed by atoms with Crippen LogP contribution in [-0.2, 0) is 14.3 Å². The van der Waals surface area contributed by atoms with E-state index in [0.29, 0.717) is 19.4 Å². The first-order chi connectivity index (χ1) is 28.7. The Hall–Kier alpha value is -1.84. The molecule has 0 atom stereocenters. The molecular weight excluding hydrogens is 713 g/mol. The molecule has 0 radical (unpaired) electrons. The summed E-state index contributed by atoms with van der Waals surface area (Å²) in [5.41, 5.74) is 0. The van der Waals surface area contributed by atoms with Crippen molar-refractivity contribution in [3.05, 3.63) is 36.5 Å². The third-order valence-corrected chi connectivity index (χ3v) is 11.8. The van der Waals surface area contributed by atoms with E-state index in [1.165, 1.54) is 218 Å². The molecule has 1 N–H and O–H groups in total. The van der Waals surface area contributed by atoms with Crippen LogP contribution in [0.1, 0.15) is 289 Å². The van der Waals surface area contributed by atoms with Gasteiger partial charge in [0, 0.05) is 12.8 Å². The van der Waals surface area contributed by atoms with E-state index in [0.717, 1.165) is 51.4 Å². The minimum Gasteiger partial charge on any atom is -0.481 e. The molecule has 58 heavy (non-hydrogen) atoms. The van der Waals surface area contributed by atoms with Gasteiger partial charge < -0.3 is 9.84 Å². The summed E-state index contributed by atoms with van der Waals surface area (Å²) < 4.78 is 5.47. The number of hydrogen-bond donors (Lipinski definition) is 1. The summed E-state index contributed by atoms with van der Waals surface area (Å²) in [7, 11) is 0. The van der Waals surface area contributed by atoms with Crippen molar-refractivity contribution in [1.29, 1.82) is 0 Å². The van der Waals surface area contributed by atoms with Gasteiger partial charge in [-0.05, 0) is 51.4 Å². The summed E-state index contributed by atoms with van der Waals surface area (Å²) in [6, 6.07) is 0. The second kappa shape index (κ2) is 51.3. The van der Waals surface area contributed by atoms with Crippen LogP contribution in [0.2, 0.25) is 0 Å².